The van der Waals surface area contributed by atoms with Crippen molar-refractivity contribution in [2.75, 3.05) is 57.0 Å². The molecule has 0 spiro atoms. The fourth-order valence-corrected chi connectivity index (χ4v) is 4.73. The van der Waals surface area contributed by atoms with E-state index in [-0.39, 0.29) is 58.8 Å². The highest BCUT2D eigenvalue weighted by atomic mass is 35.5. The van der Waals surface area contributed by atoms with Crippen molar-refractivity contribution in [1.82, 2.24) is 19.8 Å². The Labute approximate surface area is 218 Å². The Bertz CT molecular complexity index is 1290. The average molecular weight is 535 g/mol. The van der Waals surface area contributed by atoms with Crippen molar-refractivity contribution in [3.8, 4) is 0 Å². The minimum Gasteiger partial charge on any atom is -0.388 e. The third kappa shape index (κ3) is 5.52. The number of anilines is 2. The molecule has 2 N–H and O–H groups in total. The molecule has 1 aliphatic heterocycles. The van der Waals surface area contributed by atoms with Gasteiger partial charge in [0.2, 0.25) is 17.8 Å². The molecule has 1 aromatic carbocycles. The topological polar surface area (TPSA) is 102 Å². The third-order valence-corrected chi connectivity index (χ3v) is 6.79. The fourth-order valence-electron chi connectivity index (χ4n) is 4.44. The number of aliphatic hydroxyl groups excluding tert-OH is 1. The van der Waals surface area contributed by atoms with Crippen LogP contribution in [0.4, 0.5) is 20.5 Å². The van der Waals surface area contributed by atoms with Crippen molar-refractivity contribution in [1.29, 1.82) is 0 Å². The molecule has 0 saturated carbocycles. The van der Waals surface area contributed by atoms with Crippen LogP contribution in [-0.4, -0.2) is 89.6 Å². The van der Waals surface area contributed by atoms with Gasteiger partial charge in [-0.15, -0.1) is 0 Å². The fraction of sp³-hybridized carbons (Fsp3) is 0.440. The molecule has 1 atom stereocenters. The first kappa shape index (κ1) is 26.7. The maximum atomic E-state index is 16.0. The van der Waals surface area contributed by atoms with Crippen LogP contribution in [0.15, 0.2) is 24.0 Å². The van der Waals surface area contributed by atoms with Gasteiger partial charge in [0, 0.05) is 76.7 Å². The van der Waals surface area contributed by atoms with E-state index in [9.17, 15) is 19.1 Å². The van der Waals surface area contributed by atoms with Crippen LogP contribution in [0.2, 0.25) is 5.02 Å². The number of halogens is 3. The summed E-state index contributed by atoms with van der Waals surface area (Å²) in [6.45, 7) is 3.55. The maximum absolute atomic E-state index is 16.0. The first-order chi connectivity index (χ1) is 17.6. The predicted molar refractivity (Wildman–Crippen MR) is 139 cm³/mol. The lowest BCUT2D eigenvalue weighted by molar-refractivity contribution is -0.129. The van der Waals surface area contributed by atoms with Gasteiger partial charge in [-0.2, -0.15) is 4.98 Å². The summed E-state index contributed by atoms with van der Waals surface area (Å²) in [5.74, 6) is -1.28. The molecule has 0 radical (unpaired) electrons. The lowest BCUT2D eigenvalue weighted by Crippen LogP contribution is -2.48. The van der Waals surface area contributed by atoms with Crippen molar-refractivity contribution in [3.05, 3.63) is 40.4 Å². The highest BCUT2D eigenvalue weighted by Gasteiger charge is 2.29. The van der Waals surface area contributed by atoms with E-state index in [4.69, 9.17) is 11.6 Å². The summed E-state index contributed by atoms with van der Waals surface area (Å²) in [5.41, 5.74) is -0.571. The molecule has 1 fully saturated rings. The third-order valence-electron chi connectivity index (χ3n) is 6.49. The summed E-state index contributed by atoms with van der Waals surface area (Å²) in [5, 5.41) is 13.6. The number of benzene rings is 1. The zero-order valence-electron chi connectivity index (χ0n) is 20.9. The Kier molecular flexibility index (Phi) is 7.93. The number of aliphatic hydroxyl groups is 1. The highest BCUT2D eigenvalue weighted by molar-refractivity contribution is 6.33. The predicted octanol–water partition coefficient (Wildman–Crippen LogP) is 2.98. The Morgan fingerprint density at radius 2 is 1.92 bits per heavy atom. The molecule has 0 bridgehead atoms. The van der Waals surface area contributed by atoms with Crippen molar-refractivity contribution in [2.45, 2.75) is 25.9 Å². The van der Waals surface area contributed by atoms with Crippen molar-refractivity contribution >= 4 is 51.7 Å². The molecule has 0 unspecified atom stereocenters. The number of carbonyl (C=O) groups excluding carboxylic acids is 2. The van der Waals surface area contributed by atoms with Gasteiger partial charge < -0.3 is 25.1 Å². The Balaban J connectivity index is 1.80. The lowest BCUT2D eigenvalue weighted by atomic mass is 9.92. The number of nitrogens with zero attached hydrogens (tertiary/aromatic N) is 5. The molecule has 4 rings (SSSR count). The van der Waals surface area contributed by atoms with Crippen LogP contribution in [0, 0.1) is 5.82 Å². The van der Waals surface area contributed by atoms with Crippen LogP contribution in [-0.2, 0) is 9.59 Å². The van der Waals surface area contributed by atoms with Crippen LogP contribution in [0.3, 0.4) is 0 Å². The second-order valence-corrected chi connectivity index (χ2v) is 9.60. The number of allylic oxidation sites excluding steroid dienone is 2. The van der Waals surface area contributed by atoms with E-state index in [1.54, 1.807) is 19.0 Å². The summed E-state index contributed by atoms with van der Waals surface area (Å²) in [6, 6.07) is 1.48. The molecule has 2 heterocycles. The normalized spacial score (nSPS) is 18.0. The first-order valence-corrected chi connectivity index (χ1v) is 12.3. The monoisotopic (exact) mass is 534 g/mol. The molecule has 37 heavy (non-hydrogen) atoms. The van der Waals surface area contributed by atoms with Crippen molar-refractivity contribution < 1.29 is 23.5 Å². The minimum atomic E-state index is -1.26. The number of carbonyl (C=O) groups is 2. The van der Waals surface area contributed by atoms with Gasteiger partial charge in [0.15, 0.2) is 5.82 Å². The van der Waals surface area contributed by atoms with Gasteiger partial charge in [0.1, 0.15) is 17.2 Å². The van der Waals surface area contributed by atoms with Crippen molar-refractivity contribution in [3.63, 3.8) is 0 Å². The van der Waals surface area contributed by atoms with E-state index < -0.39 is 17.7 Å². The van der Waals surface area contributed by atoms with E-state index in [1.165, 1.54) is 30.0 Å². The van der Waals surface area contributed by atoms with E-state index in [1.807, 2.05) is 4.90 Å². The molecule has 198 valence electrons. The van der Waals surface area contributed by atoms with Crippen molar-refractivity contribution in [2.24, 2.45) is 0 Å². The number of piperazine rings is 1. The molecular formula is C25H29ClF2N6O3. The van der Waals surface area contributed by atoms with Gasteiger partial charge >= 0.3 is 0 Å². The lowest BCUT2D eigenvalue weighted by Gasteiger charge is -2.35. The highest BCUT2D eigenvalue weighted by Crippen LogP contribution is 2.40. The largest absolute Gasteiger partial charge is 0.388 e. The summed E-state index contributed by atoms with van der Waals surface area (Å²) >= 11 is 6.48. The number of hydrogen-bond donors (Lipinski definition) is 2. The Morgan fingerprint density at radius 3 is 2.54 bits per heavy atom. The maximum Gasteiger partial charge on any atom is 0.225 e. The number of fused-ring (bicyclic) bond motifs is 1. The van der Waals surface area contributed by atoms with Crippen LogP contribution >= 0.6 is 11.6 Å². The van der Waals surface area contributed by atoms with Crippen LogP contribution in [0.5, 0.6) is 0 Å². The average Bonchev–Trinajstić information content (AvgIpc) is 2.85. The van der Waals surface area contributed by atoms with E-state index in [0.717, 1.165) is 0 Å². The van der Waals surface area contributed by atoms with E-state index >= 15 is 4.39 Å². The number of nitrogens with one attached hydrogen (secondary N) is 1. The Morgan fingerprint density at radius 1 is 1.22 bits per heavy atom. The quantitative estimate of drug-likeness (QED) is 0.587. The Hall–Kier alpha value is -3.31. The first-order valence-electron chi connectivity index (χ1n) is 12.0. The van der Waals surface area contributed by atoms with Crippen LogP contribution < -0.4 is 10.2 Å². The molecule has 12 heteroatoms. The number of aromatic nitrogens is 2. The summed E-state index contributed by atoms with van der Waals surface area (Å²) in [7, 11) is 3.30. The van der Waals surface area contributed by atoms with Gasteiger partial charge in [-0.1, -0.05) is 17.7 Å². The molecular weight excluding hydrogens is 506 g/mol. The van der Waals surface area contributed by atoms with E-state index in [0.29, 0.717) is 37.4 Å². The summed E-state index contributed by atoms with van der Waals surface area (Å²) in [4.78, 5) is 37.8. The molecule has 9 nitrogen and oxygen atoms in total. The van der Waals surface area contributed by atoms with Gasteiger partial charge in [-0.3, -0.25) is 9.59 Å². The second kappa shape index (κ2) is 11.0. The van der Waals surface area contributed by atoms with Gasteiger partial charge in [0.25, 0.3) is 0 Å². The summed E-state index contributed by atoms with van der Waals surface area (Å²) in [6.07, 6.45) is 1.68. The van der Waals surface area contributed by atoms with Gasteiger partial charge in [-0.25, -0.2) is 13.8 Å². The second-order valence-electron chi connectivity index (χ2n) is 9.19. The van der Waals surface area contributed by atoms with E-state index in [2.05, 4.69) is 15.3 Å². The standard InChI is InChI=1S/C25H29ClF2N6O3/c1-14(35)33-9-11-34(12-10-33)24-15-13-16(26)20(21-17(27)5-4-6-18(21)36)22(28)23(15)30-25(31-24)29-8-7-19(37)32(2)3/h4-5,13,18,36H,6-12H2,1-3H3,(H,29,30,31)/t18-/m0/s1. The summed E-state index contributed by atoms with van der Waals surface area (Å²) < 4.78 is 30.7. The zero-order chi connectivity index (χ0) is 26.9. The number of amides is 2. The molecule has 1 aromatic heterocycles. The smallest absolute Gasteiger partial charge is 0.225 e. The van der Waals surface area contributed by atoms with Crippen LogP contribution in [0.25, 0.3) is 16.5 Å². The molecule has 2 aliphatic rings. The molecule has 1 aliphatic carbocycles. The SMILES string of the molecule is CC(=O)N1CCN(c2nc(NCCC(=O)N(C)C)nc3c(F)c(C4=C(F)C=CC[C@@H]4O)c(Cl)cc23)CC1. The number of hydrogen-bond acceptors (Lipinski definition) is 7. The van der Waals surface area contributed by atoms with Gasteiger partial charge in [-0.05, 0) is 18.6 Å². The minimum absolute atomic E-state index is 0.0331. The molecule has 2 aromatic rings. The molecule has 2 amide bonds. The number of rotatable bonds is 6. The van der Waals surface area contributed by atoms with Crippen LogP contribution in [0.1, 0.15) is 25.3 Å². The zero-order valence-corrected chi connectivity index (χ0v) is 21.6. The molecule has 1 saturated heterocycles. The van der Waals surface area contributed by atoms with Gasteiger partial charge in [0.05, 0.1) is 11.1 Å².